The lowest BCUT2D eigenvalue weighted by atomic mass is 9.92. The number of carbonyl (C=O) groups excluding carboxylic acids is 1. The van der Waals surface area contributed by atoms with Crippen LogP contribution in [0.15, 0.2) is 29.4 Å². The second-order valence-corrected chi connectivity index (χ2v) is 8.46. The number of carbonyl (C=O) groups is 1. The average molecular weight is 462 g/mol. The topological polar surface area (TPSA) is 136 Å². The third kappa shape index (κ3) is 4.42. The van der Waals surface area contributed by atoms with E-state index in [1.165, 1.54) is 19.1 Å². The van der Waals surface area contributed by atoms with Crippen molar-refractivity contribution < 1.29 is 26.7 Å². The monoisotopic (exact) mass is 461 g/mol. The molecule has 9 nitrogen and oxygen atoms in total. The number of sulfonamides is 1. The van der Waals surface area contributed by atoms with E-state index >= 15 is 0 Å². The van der Waals surface area contributed by atoms with Gasteiger partial charge in [0.05, 0.1) is 28.6 Å². The summed E-state index contributed by atoms with van der Waals surface area (Å²) in [6.45, 7) is 1.63. The number of hydrogen-bond acceptors (Lipinski definition) is 7. The molecule has 1 atom stereocenters. The van der Waals surface area contributed by atoms with E-state index in [-0.39, 0.29) is 40.8 Å². The normalized spacial score (nSPS) is 19.7. The second-order valence-electron chi connectivity index (χ2n) is 6.55. The summed E-state index contributed by atoms with van der Waals surface area (Å²) in [5, 5.41) is 9.93. The lowest BCUT2D eigenvalue weighted by molar-refractivity contribution is -0.162. The van der Waals surface area contributed by atoms with Crippen molar-refractivity contribution in [2.75, 3.05) is 25.0 Å². The summed E-state index contributed by atoms with van der Waals surface area (Å²) in [5.41, 5.74) is -2.37. The molecule has 30 heavy (non-hydrogen) atoms. The van der Waals surface area contributed by atoms with Crippen LogP contribution in [0, 0.1) is 6.92 Å². The first-order chi connectivity index (χ1) is 14.0. The Labute approximate surface area is 176 Å². The molecule has 0 aromatic carbocycles. The molecule has 3 heterocycles. The van der Waals surface area contributed by atoms with Crippen LogP contribution < -0.4 is 15.8 Å². The van der Waals surface area contributed by atoms with Crippen LogP contribution in [0.2, 0.25) is 5.02 Å². The molecule has 4 N–H and O–H groups in total. The maximum atomic E-state index is 14.1. The highest BCUT2D eigenvalue weighted by atomic mass is 35.5. The van der Waals surface area contributed by atoms with E-state index in [0.29, 0.717) is 6.54 Å². The molecule has 0 aliphatic carbocycles. The minimum Gasteiger partial charge on any atom is -0.360 e. The predicted molar refractivity (Wildman–Crippen MR) is 104 cm³/mol. The smallest absolute Gasteiger partial charge is 0.274 e. The van der Waals surface area contributed by atoms with Crippen molar-refractivity contribution in [2.45, 2.75) is 24.0 Å². The zero-order valence-corrected chi connectivity index (χ0v) is 17.2. The SMILES string of the molecule is Cc1nc(C2(C(F)F)CNCCO2)c(C(=O)Nc2ccnc(S(N)(=O)=O)c2)cc1Cl. The Morgan fingerprint density at radius 2 is 2.17 bits per heavy atom. The Morgan fingerprint density at radius 3 is 2.77 bits per heavy atom. The first-order valence-electron chi connectivity index (χ1n) is 8.65. The highest BCUT2D eigenvalue weighted by Gasteiger charge is 2.48. The molecule has 162 valence electrons. The van der Waals surface area contributed by atoms with Crippen molar-refractivity contribution in [1.29, 1.82) is 0 Å². The molecule has 1 amide bonds. The fourth-order valence-corrected chi connectivity index (χ4v) is 3.59. The minimum atomic E-state index is -4.11. The first kappa shape index (κ1) is 22.4. The molecule has 1 aliphatic heterocycles. The van der Waals surface area contributed by atoms with E-state index in [4.69, 9.17) is 21.5 Å². The molecule has 2 aromatic heterocycles. The molecule has 2 aromatic rings. The van der Waals surface area contributed by atoms with Crippen LogP contribution in [0.1, 0.15) is 21.7 Å². The fraction of sp³-hybridized carbons (Fsp3) is 0.353. The van der Waals surface area contributed by atoms with Crippen LogP contribution >= 0.6 is 11.6 Å². The lowest BCUT2D eigenvalue weighted by Crippen LogP contribution is -2.53. The number of halogens is 3. The number of anilines is 1. The Morgan fingerprint density at radius 1 is 1.43 bits per heavy atom. The summed E-state index contributed by atoms with van der Waals surface area (Å²) in [5.74, 6) is -0.833. The molecule has 0 radical (unpaired) electrons. The number of nitrogens with one attached hydrogen (secondary N) is 2. The number of aryl methyl sites for hydroxylation is 1. The summed E-state index contributed by atoms with van der Waals surface area (Å²) < 4.78 is 56.5. The van der Waals surface area contributed by atoms with Crippen molar-refractivity contribution in [3.8, 4) is 0 Å². The molecule has 13 heteroatoms. The standard InChI is InChI=1S/C17H18ClF2N5O4S/c1-9-12(18)7-11(14(24-9)17(16(19)20)8-22-4-5-29-17)15(26)25-10-2-3-23-13(6-10)30(21,27)28/h2-3,6-7,16,22H,4-5,8H2,1H3,(H2,21,27,28)(H,23,25,26). The summed E-state index contributed by atoms with van der Waals surface area (Å²) in [6.07, 6.45) is -1.86. The third-order valence-electron chi connectivity index (χ3n) is 4.46. The molecule has 1 fully saturated rings. The van der Waals surface area contributed by atoms with E-state index in [2.05, 4.69) is 20.6 Å². The summed E-state index contributed by atoms with van der Waals surface area (Å²) in [7, 11) is -4.11. The van der Waals surface area contributed by atoms with Gasteiger partial charge < -0.3 is 15.4 Å². The first-order valence-corrected chi connectivity index (χ1v) is 10.6. The van der Waals surface area contributed by atoms with Crippen molar-refractivity contribution in [2.24, 2.45) is 5.14 Å². The van der Waals surface area contributed by atoms with Crippen molar-refractivity contribution in [1.82, 2.24) is 15.3 Å². The van der Waals surface area contributed by atoms with Gasteiger partial charge >= 0.3 is 0 Å². The van der Waals surface area contributed by atoms with E-state index < -0.39 is 33.0 Å². The van der Waals surface area contributed by atoms with Crippen LogP contribution in [0.5, 0.6) is 0 Å². The number of pyridine rings is 2. The Hall–Kier alpha value is -2.25. The number of ether oxygens (including phenoxy) is 1. The van der Waals surface area contributed by atoms with Crippen molar-refractivity contribution in [3.05, 3.63) is 46.4 Å². The van der Waals surface area contributed by atoms with Crippen LogP contribution in [0.25, 0.3) is 0 Å². The molecule has 1 saturated heterocycles. The quantitative estimate of drug-likeness (QED) is 0.612. The van der Waals surface area contributed by atoms with E-state index in [1.807, 2.05) is 0 Å². The molecule has 0 saturated carbocycles. The Balaban J connectivity index is 2.05. The Kier molecular flexibility index (Phi) is 6.34. The molecule has 1 aliphatic rings. The number of amides is 1. The summed E-state index contributed by atoms with van der Waals surface area (Å²) >= 11 is 6.09. The zero-order chi connectivity index (χ0) is 22.1. The van der Waals surface area contributed by atoms with Gasteiger partial charge in [-0.25, -0.2) is 27.3 Å². The highest BCUT2D eigenvalue weighted by Crippen LogP contribution is 2.36. The highest BCUT2D eigenvalue weighted by molar-refractivity contribution is 7.89. The third-order valence-corrected chi connectivity index (χ3v) is 5.65. The van der Waals surface area contributed by atoms with E-state index in [9.17, 15) is 22.0 Å². The maximum absolute atomic E-state index is 14.1. The Bertz CT molecular complexity index is 1080. The summed E-state index contributed by atoms with van der Waals surface area (Å²) in [4.78, 5) is 20.7. The largest absolute Gasteiger partial charge is 0.360 e. The molecule has 1 unspecified atom stereocenters. The molecule has 0 spiro atoms. The number of aromatic nitrogens is 2. The van der Waals surface area contributed by atoms with E-state index in [0.717, 1.165) is 12.3 Å². The number of nitrogens with zero attached hydrogens (tertiary/aromatic N) is 2. The summed E-state index contributed by atoms with van der Waals surface area (Å²) in [6, 6.07) is 3.58. The van der Waals surface area contributed by atoms with Gasteiger partial charge in [-0.2, -0.15) is 0 Å². The molecule has 0 bridgehead atoms. The predicted octanol–water partition coefficient (Wildman–Crippen LogP) is 1.42. The number of alkyl halides is 2. The van der Waals surface area contributed by atoms with Gasteiger partial charge in [-0.05, 0) is 19.1 Å². The van der Waals surface area contributed by atoms with Crippen molar-refractivity contribution in [3.63, 3.8) is 0 Å². The van der Waals surface area contributed by atoms with Gasteiger partial charge in [0.15, 0.2) is 10.6 Å². The second kappa shape index (κ2) is 8.47. The lowest BCUT2D eigenvalue weighted by Gasteiger charge is -2.37. The van der Waals surface area contributed by atoms with Gasteiger partial charge in [-0.15, -0.1) is 0 Å². The number of rotatable bonds is 5. The number of nitrogens with two attached hydrogens (primary N) is 1. The maximum Gasteiger partial charge on any atom is 0.274 e. The van der Waals surface area contributed by atoms with Gasteiger partial charge in [0.1, 0.15) is 0 Å². The van der Waals surface area contributed by atoms with E-state index in [1.54, 1.807) is 0 Å². The van der Waals surface area contributed by atoms with Crippen LogP contribution in [0.3, 0.4) is 0 Å². The molecular weight excluding hydrogens is 444 g/mol. The molecular formula is C17H18ClF2N5O4S. The van der Waals surface area contributed by atoms with Gasteiger partial charge in [-0.1, -0.05) is 11.6 Å². The average Bonchev–Trinajstić information content (AvgIpc) is 2.69. The van der Waals surface area contributed by atoms with Gasteiger partial charge in [0.25, 0.3) is 22.4 Å². The minimum absolute atomic E-state index is 0.00315. The van der Waals surface area contributed by atoms with Gasteiger partial charge in [-0.3, -0.25) is 9.78 Å². The van der Waals surface area contributed by atoms with Gasteiger partial charge in [0.2, 0.25) is 0 Å². The van der Waals surface area contributed by atoms with Crippen LogP contribution in [-0.2, 0) is 20.4 Å². The number of hydrogen-bond donors (Lipinski definition) is 3. The fourth-order valence-electron chi connectivity index (χ4n) is 2.94. The van der Waals surface area contributed by atoms with Crippen LogP contribution in [0.4, 0.5) is 14.5 Å². The molecule has 3 rings (SSSR count). The van der Waals surface area contributed by atoms with Crippen LogP contribution in [-0.4, -0.2) is 50.4 Å². The number of primary sulfonamides is 1. The number of morpholine rings is 1. The zero-order valence-electron chi connectivity index (χ0n) is 15.7. The van der Waals surface area contributed by atoms with Crippen molar-refractivity contribution >= 4 is 33.2 Å². The van der Waals surface area contributed by atoms with Gasteiger partial charge in [0, 0.05) is 31.0 Å².